The Labute approximate surface area is 181 Å². The number of hydrogen-bond acceptors (Lipinski definition) is 5. The number of nitriles is 1. The fourth-order valence-corrected chi connectivity index (χ4v) is 4.67. The van der Waals surface area contributed by atoms with Crippen LogP contribution in [0, 0.1) is 11.3 Å². The van der Waals surface area contributed by atoms with E-state index in [2.05, 4.69) is 40.2 Å². The van der Waals surface area contributed by atoms with Crippen LogP contribution in [0.25, 0.3) is 0 Å². The van der Waals surface area contributed by atoms with Crippen LogP contribution in [-0.2, 0) is 11.3 Å². The van der Waals surface area contributed by atoms with Crippen molar-refractivity contribution in [1.82, 2.24) is 9.88 Å². The van der Waals surface area contributed by atoms with Crippen molar-refractivity contribution in [3.63, 3.8) is 0 Å². The third kappa shape index (κ3) is 4.47. The van der Waals surface area contributed by atoms with Gasteiger partial charge in [-0.3, -0.25) is 9.78 Å². The number of carbonyl (C=O) groups excluding carboxylic acids is 1. The molecule has 0 fully saturated rings. The van der Waals surface area contributed by atoms with Gasteiger partial charge in [0.05, 0.1) is 23.9 Å². The molecule has 1 aliphatic rings. The molecule has 0 saturated heterocycles. The van der Waals surface area contributed by atoms with E-state index in [-0.39, 0.29) is 5.91 Å². The molecule has 6 heteroatoms. The standard InChI is InChI=1S/C24H22N4OS/c25-13-6-15-27(18-19-7-5-14-26-17-19)24(29)12-16-28-20-8-1-3-10-22(20)30-23-11-4-2-9-21(23)28/h1-5,7-11,14,17H,6,12,15-16,18H2. The van der Waals surface area contributed by atoms with E-state index < -0.39 is 0 Å². The average Bonchev–Trinajstić information content (AvgIpc) is 2.79. The fraction of sp³-hybridized carbons (Fsp3) is 0.208. The Morgan fingerprint density at radius 3 is 2.37 bits per heavy atom. The lowest BCUT2D eigenvalue weighted by Gasteiger charge is -2.33. The van der Waals surface area contributed by atoms with Crippen molar-refractivity contribution in [2.45, 2.75) is 29.2 Å². The van der Waals surface area contributed by atoms with Gasteiger partial charge in [-0.25, -0.2) is 0 Å². The summed E-state index contributed by atoms with van der Waals surface area (Å²) < 4.78 is 0. The van der Waals surface area contributed by atoms with Gasteiger partial charge in [-0.1, -0.05) is 42.1 Å². The SMILES string of the molecule is N#CCCN(Cc1cccnc1)C(=O)CCN1c2ccccc2Sc2ccccc21. The summed E-state index contributed by atoms with van der Waals surface area (Å²) in [7, 11) is 0. The Bertz CT molecular complexity index is 1020. The van der Waals surface area contributed by atoms with Crippen molar-refractivity contribution < 1.29 is 4.79 Å². The molecular weight excluding hydrogens is 392 g/mol. The van der Waals surface area contributed by atoms with Gasteiger partial charge in [-0.15, -0.1) is 0 Å². The van der Waals surface area contributed by atoms with Crippen molar-refractivity contribution in [2.24, 2.45) is 0 Å². The summed E-state index contributed by atoms with van der Waals surface area (Å²) in [6.45, 7) is 1.48. The van der Waals surface area contributed by atoms with Gasteiger partial charge in [0, 0.05) is 48.2 Å². The number of fused-ring (bicyclic) bond motifs is 2. The van der Waals surface area contributed by atoms with E-state index in [9.17, 15) is 4.79 Å². The summed E-state index contributed by atoms with van der Waals surface area (Å²) in [5, 5.41) is 9.00. The maximum atomic E-state index is 13.1. The molecule has 0 aliphatic carbocycles. The van der Waals surface area contributed by atoms with Crippen molar-refractivity contribution in [1.29, 1.82) is 5.26 Å². The fourth-order valence-electron chi connectivity index (χ4n) is 3.58. The van der Waals surface area contributed by atoms with Gasteiger partial charge in [0.25, 0.3) is 0 Å². The molecule has 0 atom stereocenters. The zero-order valence-corrected chi connectivity index (χ0v) is 17.4. The van der Waals surface area contributed by atoms with Crippen LogP contribution in [0.5, 0.6) is 0 Å². The maximum absolute atomic E-state index is 13.1. The lowest BCUT2D eigenvalue weighted by molar-refractivity contribution is -0.131. The van der Waals surface area contributed by atoms with E-state index in [1.807, 2.05) is 36.4 Å². The monoisotopic (exact) mass is 414 g/mol. The first kappa shape index (κ1) is 20.0. The van der Waals surface area contributed by atoms with Gasteiger partial charge in [0.1, 0.15) is 0 Å². The lowest BCUT2D eigenvalue weighted by atomic mass is 10.2. The van der Waals surface area contributed by atoms with Crippen molar-refractivity contribution in [3.05, 3.63) is 78.6 Å². The van der Waals surface area contributed by atoms with Gasteiger partial charge in [0.15, 0.2) is 0 Å². The molecule has 1 aliphatic heterocycles. The molecule has 5 nitrogen and oxygen atoms in total. The van der Waals surface area contributed by atoms with Gasteiger partial charge in [0.2, 0.25) is 5.91 Å². The zero-order valence-electron chi connectivity index (χ0n) is 16.6. The highest BCUT2D eigenvalue weighted by atomic mass is 32.2. The molecule has 3 aromatic rings. The molecule has 0 unspecified atom stereocenters. The number of anilines is 2. The first-order valence-electron chi connectivity index (χ1n) is 9.93. The van der Waals surface area contributed by atoms with Crippen LogP contribution in [0.3, 0.4) is 0 Å². The molecule has 2 heterocycles. The topological polar surface area (TPSA) is 60.2 Å². The Morgan fingerprint density at radius 2 is 1.73 bits per heavy atom. The van der Waals surface area contributed by atoms with E-state index in [0.717, 1.165) is 16.9 Å². The third-order valence-corrected chi connectivity index (χ3v) is 6.15. The normalized spacial score (nSPS) is 11.9. The molecule has 1 aromatic heterocycles. The Kier molecular flexibility index (Phi) is 6.31. The summed E-state index contributed by atoms with van der Waals surface area (Å²) in [4.78, 5) is 23.6. The third-order valence-electron chi connectivity index (χ3n) is 5.02. The van der Waals surface area contributed by atoms with E-state index in [1.165, 1.54) is 9.79 Å². The number of hydrogen-bond donors (Lipinski definition) is 0. The smallest absolute Gasteiger partial charge is 0.224 e. The van der Waals surface area contributed by atoms with Crippen molar-refractivity contribution in [2.75, 3.05) is 18.0 Å². The van der Waals surface area contributed by atoms with Gasteiger partial charge >= 0.3 is 0 Å². The molecule has 0 saturated carbocycles. The predicted molar refractivity (Wildman–Crippen MR) is 119 cm³/mol. The number of rotatable bonds is 7. The minimum atomic E-state index is 0.0438. The molecule has 0 bridgehead atoms. The van der Waals surface area contributed by atoms with Crippen LogP contribution in [0.4, 0.5) is 11.4 Å². The predicted octanol–water partition coefficient (Wildman–Crippen LogP) is 5.02. The van der Waals surface area contributed by atoms with E-state index in [0.29, 0.717) is 32.5 Å². The number of nitrogens with zero attached hydrogens (tertiary/aromatic N) is 4. The summed E-state index contributed by atoms with van der Waals surface area (Å²) in [6, 6.07) is 22.6. The molecule has 30 heavy (non-hydrogen) atoms. The Morgan fingerprint density at radius 1 is 1.03 bits per heavy atom. The number of pyridine rings is 1. The summed E-state index contributed by atoms with van der Waals surface area (Å²) in [6.07, 6.45) is 4.17. The number of para-hydroxylation sites is 2. The van der Waals surface area contributed by atoms with Gasteiger partial charge < -0.3 is 9.80 Å². The minimum Gasteiger partial charge on any atom is -0.339 e. The molecule has 0 spiro atoms. The Hall–Kier alpha value is -3.30. The highest BCUT2D eigenvalue weighted by Gasteiger charge is 2.24. The van der Waals surface area contributed by atoms with Gasteiger partial charge in [-0.2, -0.15) is 5.26 Å². The van der Waals surface area contributed by atoms with Crippen molar-refractivity contribution in [3.8, 4) is 6.07 Å². The molecule has 1 amide bonds. The molecule has 2 aromatic carbocycles. The second kappa shape index (κ2) is 9.47. The highest BCUT2D eigenvalue weighted by molar-refractivity contribution is 7.99. The highest BCUT2D eigenvalue weighted by Crippen LogP contribution is 2.47. The summed E-state index contributed by atoms with van der Waals surface area (Å²) in [5.74, 6) is 0.0438. The average molecular weight is 415 g/mol. The van der Waals surface area contributed by atoms with E-state index in [4.69, 9.17) is 5.26 Å². The maximum Gasteiger partial charge on any atom is 0.224 e. The van der Waals surface area contributed by atoms with E-state index >= 15 is 0 Å². The lowest BCUT2D eigenvalue weighted by Crippen LogP contribution is -2.34. The van der Waals surface area contributed by atoms with Crippen LogP contribution < -0.4 is 4.90 Å². The number of amides is 1. The number of carbonyl (C=O) groups is 1. The summed E-state index contributed by atoms with van der Waals surface area (Å²) >= 11 is 1.76. The first-order valence-corrected chi connectivity index (χ1v) is 10.7. The number of aromatic nitrogens is 1. The molecule has 0 N–H and O–H groups in total. The first-order chi connectivity index (χ1) is 14.8. The second-order valence-corrected chi connectivity index (χ2v) is 8.11. The second-order valence-electron chi connectivity index (χ2n) is 7.02. The van der Waals surface area contributed by atoms with E-state index in [1.54, 1.807) is 29.1 Å². The van der Waals surface area contributed by atoms with Crippen LogP contribution in [-0.4, -0.2) is 28.9 Å². The van der Waals surface area contributed by atoms with Crippen molar-refractivity contribution >= 4 is 29.0 Å². The molecule has 0 radical (unpaired) electrons. The minimum absolute atomic E-state index is 0.0438. The number of benzene rings is 2. The van der Waals surface area contributed by atoms with Crippen LogP contribution >= 0.6 is 11.8 Å². The van der Waals surface area contributed by atoms with Crippen LogP contribution in [0.2, 0.25) is 0 Å². The zero-order chi connectivity index (χ0) is 20.8. The molecule has 150 valence electrons. The van der Waals surface area contributed by atoms with Crippen LogP contribution in [0.1, 0.15) is 18.4 Å². The van der Waals surface area contributed by atoms with Crippen LogP contribution in [0.15, 0.2) is 82.8 Å². The quantitative estimate of drug-likeness (QED) is 0.543. The Balaban J connectivity index is 1.51. The largest absolute Gasteiger partial charge is 0.339 e. The summed E-state index contributed by atoms with van der Waals surface area (Å²) in [5.41, 5.74) is 3.23. The van der Waals surface area contributed by atoms with Gasteiger partial charge in [-0.05, 0) is 35.9 Å². The molecule has 4 rings (SSSR count). The molecular formula is C24H22N4OS.